The van der Waals surface area contributed by atoms with E-state index < -0.39 is 17.7 Å². The van der Waals surface area contributed by atoms with Crippen LogP contribution in [-0.4, -0.2) is 56.1 Å². The Kier molecular flexibility index (Phi) is 6.20. The minimum absolute atomic E-state index is 0.437. The van der Waals surface area contributed by atoms with Crippen LogP contribution in [0.25, 0.3) is 22.4 Å². The number of H-pyrrole nitrogens is 2. The highest BCUT2D eigenvalue weighted by Gasteiger charge is 2.32. The Balaban J connectivity index is 1.18. The first-order valence-corrected chi connectivity index (χ1v) is 12.9. The molecule has 1 aliphatic heterocycles. The van der Waals surface area contributed by atoms with Crippen molar-refractivity contribution in [2.45, 2.75) is 63.9 Å². The summed E-state index contributed by atoms with van der Waals surface area (Å²) in [5, 5.41) is 8.47. The van der Waals surface area contributed by atoms with Crippen molar-refractivity contribution in [3.8, 4) is 17.3 Å². The molecule has 2 aliphatic rings. The number of aromatic amines is 2. The number of hydrogen-bond donors (Lipinski definition) is 2. The number of halogens is 2. The van der Waals surface area contributed by atoms with Crippen LogP contribution in [0.5, 0.6) is 5.75 Å². The minimum atomic E-state index is -0.622. The highest BCUT2D eigenvalue weighted by atomic mass is 19.1. The predicted molar refractivity (Wildman–Crippen MR) is 138 cm³/mol. The van der Waals surface area contributed by atoms with Gasteiger partial charge in [0.15, 0.2) is 5.82 Å². The number of ether oxygens (including phenoxy) is 1. The molecule has 1 saturated carbocycles. The molecule has 9 heteroatoms. The van der Waals surface area contributed by atoms with Gasteiger partial charge in [-0.05, 0) is 82.6 Å². The largest absolute Gasteiger partial charge is 0.486 e. The summed E-state index contributed by atoms with van der Waals surface area (Å²) < 4.78 is 33.3. The second-order valence-corrected chi connectivity index (χ2v) is 10.6. The molecule has 0 bridgehead atoms. The summed E-state index contributed by atoms with van der Waals surface area (Å²) >= 11 is 0. The normalized spacial score (nSPS) is 21.0. The monoisotopic (exact) mass is 506 g/mol. The first-order valence-electron chi connectivity index (χ1n) is 12.9. The van der Waals surface area contributed by atoms with Gasteiger partial charge in [-0.3, -0.25) is 10.00 Å². The number of benzene rings is 2. The minimum Gasteiger partial charge on any atom is -0.486 e. The molecule has 1 aliphatic carbocycles. The van der Waals surface area contributed by atoms with E-state index >= 15 is 0 Å². The number of fused-ring (bicyclic) bond motifs is 2. The number of aromatic nitrogens is 4. The Bertz CT molecular complexity index is 1380. The molecule has 0 saturated heterocycles. The molecule has 194 valence electrons. The zero-order chi connectivity index (χ0) is 25.7. The maximum Gasteiger partial charge on any atom is 0.159 e. The van der Waals surface area contributed by atoms with Crippen LogP contribution < -0.4 is 4.74 Å². The van der Waals surface area contributed by atoms with Gasteiger partial charge in [-0.25, -0.2) is 13.8 Å². The summed E-state index contributed by atoms with van der Waals surface area (Å²) in [5.41, 5.74) is 4.29. The van der Waals surface area contributed by atoms with Crippen molar-refractivity contribution >= 4 is 10.9 Å². The maximum absolute atomic E-state index is 13.7. The summed E-state index contributed by atoms with van der Waals surface area (Å²) in [7, 11) is 4.36. The summed E-state index contributed by atoms with van der Waals surface area (Å²) in [6.07, 6.45) is 4.43. The van der Waals surface area contributed by atoms with Crippen molar-refractivity contribution in [2.75, 3.05) is 14.1 Å². The van der Waals surface area contributed by atoms with Gasteiger partial charge >= 0.3 is 0 Å². The fourth-order valence-corrected chi connectivity index (χ4v) is 5.80. The number of nitrogens with zero attached hydrogens (tertiary/aromatic N) is 4. The first kappa shape index (κ1) is 24.1. The molecule has 1 atom stereocenters. The van der Waals surface area contributed by atoms with Gasteiger partial charge in [0.1, 0.15) is 29.2 Å². The van der Waals surface area contributed by atoms with E-state index in [1.165, 1.54) is 37.8 Å². The smallest absolute Gasteiger partial charge is 0.159 e. The Morgan fingerprint density at radius 3 is 2.49 bits per heavy atom. The number of imidazole rings is 1. The SMILES string of the molecule is CC(Oc1ccc2[nH]nc(-c3nc4c([nH]3)CN(C3CCC(N(C)C)CC3)C4)c2c1)c1cc(F)cc(F)c1. The molecule has 2 aromatic heterocycles. The van der Waals surface area contributed by atoms with Crippen molar-refractivity contribution in [3.05, 3.63) is 65.0 Å². The highest BCUT2D eigenvalue weighted by molar-refractivity contribution is 5.92. The number of rotatable bonds is 6. The second kappa shape index (κ2) is 9.54. The van der Waals surface area contributed by atoms with E-state index in [9.17, 15) is 8.78 Å². The van der Waals surface area contributed by atoms with Crippen molar-refractivity contribution in [3.63, 3.8) is 0 Å². The molecular weight excluding hydrogens is 474 g/mol. The van der Waals surface area contributed by atoms with Crippen LogP contribution in [0.3, 0.4) is 0 Å². The topological polar surface area (TPSA) is 73.1 Å². The van der Waals surface area contributed by atoms with Gasteiger partial charge in [0, 0.05) is 36.6 Å². The zero-order valence-electron chi connectivity index (χ0n) is 21.4. The van der Waals surface area contributed by atoms with Crippen LogP contribution >= 0.6 is 0 Å². The Labute approximate surface area is 214 Å². The summed E-state index contributed by atoms with van der Waals surface area (Å²) in [6, 6.07) is 10.3. The van der Waals surface area contributed by atoms with Crippen LogP contribution in [0.1, 0.15) is 55.7 Å². The van der Waals surface area contributed by atoms with Crippen LogP contribution in [0.15, 0.2) is 36.4 Å². The van der Waals surface area contributed by atoms with E-state index in [0.29, 0.717) is 23.4 Å². The van der Waals surface area contributed by atoms with Gasteiger partial charge in [-0.2, -0.15) is 5.10 Å². The van der Waals surface area contributed by atoms with Crippen LogP contribution in [-0.2, 0) is 13.1 Å². The fourth-order valence-electron chi connectivity index (χ4n) is 5.80. The van der Waals surface area contributed by atoms with Gasteiger partial charge in [-0.15, -0.1) is 0 Å². The van der Waals surface area contributed by atoms with Gasteiger partial charge in [0.25, 0.3) is 0 Å². The predicted octanol–water partition coefficient (Wildman–Crippen LogP) is 5.56. The van der Waals surface area contributed by atoms with Crippen molar-refractivity contribution in [1.29, 1.82) is 0 Å². The van der Waals surface area contributed by atoms with E-state index in [2.05, 4.69) is 39.1 Å². The molecule has 0 amide bonds. The molecule has 7 nitrogen and oxygen atoms in total. The molecule has 2 N–H and O–H groups in total. The molecular formula is C28H32F2N6O. The highest BCUT2D eigenvalue weighted by Crippen LogP contribution is 2.35. The molecule has 2 aromatic carbocycles. The number of hydrogen-bond acceptors (Lipinski definition) is 5. The van der Waals surface area contributed by atoms with Crippen molar-refractivity contribution < 1.29 is 13.5 Å². The third-order valence-electron chi connectivity index (χ3n) is 7.92. The molecule has 3 heterocycles. The van der Waals surface area contributed by atoms with Gasteiger partial charge in [-0.1, -0.05) is 0 Å². The maximum atomic E-state index is 13.7. The lowest BCUT2D eigenvalue weighted by Crippen LogP contribution is -2.40. The summed E-state index contributed by atoms with van der Waals surface area (Å²) in [6.45, 7) is 3.52. The van der Waals surface area contributed by atoms with E-state index in [-0.39, 0.29) is 0 Å². The third-order valence-corrected chi connectivity index (χ3v) is 7.92. The Hall–Kier alpha value is -3.30. The molecule has 4 aromatic rings. The third kappa shape index (κ3) is 4.73. The Morgan fingerprint density at radius 2 is 1.78 bits per heavy atom. The van der Waals surface area contributed by atoms with Gasteiger partial charge in [0.2, 0.25) is 0 Å². The van der Waals surface area contributed by atoms with Crippen LogP contribution in [0.4, 0.5) is 8.78 Å². The molecule has 6 rings (SSSR count). The zero-order valence-corrected chi connectivity index (χ0v) is 21.4. The average molecular weight is 507 g/mol. The lowest BCUT2D eigenvalue weighted by molar-refractivity contribution is 0.115. The Morgan fingerprint density at radius 1 is 1.03 bits per heavy atom. The lowest BCUT2D eigenvalue weighted by atomic mass is 9.90. The fraction of sp³-hybridized carbons (Fsp3) is 0.429. The van der Waals surface area contributed by atoms with Crippen LogP contribution in [0.2, 0.25) is 0 Å². The summed E-state index contributed by atoms with van der Waals surface area (Å²) in [4.78, 5) is 13.3. The molecule has 37 heavy (non-hydrogen) atoms. The molecule has 0 spiro atoms. The van der Waals surface area contributed by atoms with Crippen molar-refractivity contribution in [2.24, 2.45) is 0 Å². The lowest BCUT2D eigenvalue weighted by Gasteiger charge is -2.36. The standard InChI is InChI=1S/C28H32F2N6O/c1-16(17-10-18(29)12-19(30)11-17)37-22-8-9-24-23(13-22)27(34-33-24)28-31-25-14-36(15-26(25)32-28)21-6-4-20(5-7-21)35(2)3/h8-13,16,20-21H,4-7,14-15H2,1-3H3,(H,31,32)(H,33,34). The van der Waals surface area contributed by atoms with E-state index in [4.69, 9.17) is 9.72 Å². The quantitative estimate of drug-likeness (QED) is 0.358. The number of nitrogens with one attached hydrogen (secondary N) is 2. The molecule has 0 radical (unpaired) electrons. The van der Waals surface area contributed by atoms with Crippen LogP contribution in [0, 0.1) is 11.6 Å². The second-order valence-electron chi connectivity index (χ2n) is 10.6. The van der Waals surface area contributed by atoms with E-state index in [1.54, 1.807) is 6.92 Å². The molecule has 1 unspecified atom stereocenters. The van der Waals surface area contributed by atoms with Gasteiger partial charge in [0.05, 0.1) is 16.9 Å². The van der Waals surface area contributed by atoms with Gasteiger partial charge < -0.3 is 14.6 Å². The molecule has 1 fully saturated rings. The van der Waals surface area contributed by atoms with E-state index in [1.807, 2.05) is 18.2 Å². The summed E-state index contributed by atoms with van der Waals surface area (Å²) in [5.74, 6) is 0.0861. The van der Waals surface area contributed by atoms with E-state index in [0.717, 1.165) is 53.0 Å². The average Bonchev–Trinajstić information content (AvgIpc) is 3.56. The van der Waals surface area contributed by atoms with Crippen molar-refractivity contribution in [1.82, 2.24) is 30.0 Å². The first-order chi connectivity index (χ1) is 17.8.